The summed E-state index contributed by atoms with van der Waals surface area (Å²) in [5.74, 6) is 0. The fourth-order valence-electron chi connectivity index (χ4n) is 1.51. The molecule has 0 saturated carbocycles. The molecule has 0 aliphatic carbocycles. The van der Waals surface area contributed by atoms with Gasteiger partial charge in [0.1, 0.15) is 0 Å². The minimum atomic E-state index is -0.388. The molecule has 1 amide bonds. The number of nitrogens with one attached hydrogen (secondary N) is 1. The third-order valence-electron chi connectivity index (χ3n) is 2.17. The van der Waals surface area contributed by atoms with Crippen LogP contribution in [0.15, 0.2) is 0 Å². The van der Waals surface area contributed by atoms with Crippen molar-refractivity contribution in [1.82, 2.24) is 5.32 Å². The Bertz CT molecular complexity index is 198. The van der Waals surface area contributed by atoms with Gasteiger partial charge in [0, 0.05) is 19.6 Å². The molecule has 15 heavy (non-hydrogen) atoms. The van der Waals surface area contributed by atoms with E-state index in [0.717, 1.165) is 12.8 Å². The standard InChI is InChI=1S/C10H19NO4/c1-3-13-9-6-5-8(15-9)7-11-10(12)14-4-2/h8-9H,3-7H2,1-2H3,(H,11,12)/t8?,9-/m0/s1. The van der Waals surface area contributed by atoms with Crippen molar-refractivity contribution in [2.75, 3.05) is 19.8 Å². The number of rotatable bonds is 5. The van der Waals surface area contributed by atoms with Crippen LogP contribution in [0, 0.1) is 0 Å². The van der Waals surface area contributed by atoms with E-state index in [1.165, 1.54) is 0 Å². The summed E-state index contributed by atoms with van der Waals surface area (Å²) >= 11 is 0. The zero-order valence-electron chi connectivity index (χ0n) is 9.32. The van der Waals surface area contributed by atoms with Gasteiger partial charge in [-0.1, -0.05) is 0 Å². The number of carbonyl (C=O) groups is 1. The highest BCUT2D eigenvalue weighted by molar-refractivity contribution is 5.67. The molecule has 1 aliphatic rings. The maximum Gasteiger partial charge on any atom is 0.407 e. The first-order valence-electron chi connectivity index (χ1n) is 5.44. The molecule has 1 aliphatic heterocycles. The zero-order valence-corrected chi connectivity index (χ0v) is 9.32. The van der Waals surface area contributed by atoms with Crippen LogP contribution >= 0.6 is 0 Å². The van der Waals surface area contributed by atoms with E-state index in [4.69, 9.17) is 14.2 Å². The molecule has 0 aromatic carbocycles. The number of carbonyl (C=O) groups excluding carboxylic acids is 1. The Morgan fingerprint density at radius 2 is 2.20 bits per heavy atom. The van der Waals surface area contributed by atoms with Crippen LogP contribution in [0.25, 0.3) is 0 Å². The first-order chi connectivity index (χ1) is 7.26. The van der Waals surface area contributed by atoms with Gasteiger partial charge < -0.3 is 19.5 Å². The molecule has 0 spiro atoms. The van der Waals surface area contributed by atoms with Crippen molar-refractivity contribution in [2.45, 2.75) is 39.1 Å². The third kappa shape index (κ3) is 4.48. The van der Waals surface area contributed by atoms with E-state index in [1.54, 1.807) is 6.92 Å². The summed E-state index contributed by atoms with van der Waals surface area (Å²) in [6.45, 7) is 5.24. The average molecular weight is 217 g/mol. The maximum atomic E-state index is 11.0. The number of alkyl carbamates (subject to hydrolysis) is 1. The number of amides is 1. The summed E-state index contributed by atoms with van der Waals surface area (Å²) in [5, 5.41) is 2.65. The molecule has 0 aromatic heterocycles. The van der Waals surface area contributed by atoms with Gasteiger partial charge in [0.15, 0.2) is 6.29 Å². The summed E-state index contributed by atoms with van der Waals surface area (Å²) in [5.41, 5.74) is 0. The van der Waals surface area contributed by atoms with Gasteiger partial charge in [-0.15, -0.1) is 0 Å². The Hall–Kier alpha value is -0.810. The lowest BCUT2D eigenvalue weighted by Gasteiger charge is -2.13. The van der Waals surface area contributed by atoms with Gasteiger partial charge in [-0.25, -0.2) is 4.79 Å². The van der Waals surface area contributed by atoms with E-state index in [1.807, 2.05) is 6.92 Å². The molecule has 0 radical (unpaired) electrons. The van der Waals surface area contributed by atoms with E-state index >= 15 is 0 Å². The van der Waals surface area contributed by atoms with Crippen LogP contribution in [0.5, 0.6) is 0 Å². The summed E-state index contributed by atoms with van der Waals surface area (Å²) in [4.78, 5) is 11.0. The van der Waals surface area contributed by atoms with Crippen LogP contribution in [0.3, 0.4) is 0 Å². The third-order valence-corrected chi connectivity index (χ3v) is 2.17. The van der Waals surface area contributed by atoms with Crippen molar-refractivity contribution in [3.8, 4) is 0 Å². The summed E-state index contributed by atoms with van der Waals surface area (Å²) in [6, 6.07) is 0. The molecule has 1 N–H and O–H groups in total. The van der Waals surface area contributed by atoms with Crippen LogP contribution in [0.2, 0.25) is 0 Å². The minimum Gasteiger partial charge on any atom is -0.450 e. The van der Waals surface area contributed by atoms with E-state index < -0.39 is 0 Å². The second-order valence-corrected chi connectivity index (χ2v) is 3.32. The number of hydrogen-bond donors (Lipinski definition) is 1. The molecule has 1 saturated heterocycles. The van der Waals surface area contributed by atoms with E-state index in [9.17, 15) is 4.79 Å². The van der Waals surface area contributed by atoms with Gasteiger partial charge in [-0.3, -0.25) is 0 Å². The van der Waals surface area contributed by atoms with Crippen molar-refractivity contribution >= 4 is 6.09 Å². The number of hydrogen-bond acceptors (Lipinski definition) is 4. The lowest BCUT2D eigenvalue weighted by molar-refractivity contribution is -0.128. The molecular weight excluding hydrogens is 198 g/mol. The fourth-order valence-corrected chi connectivity index (χ4v) is 1.51. The smallest absolute Gasteiger partial charge is 0.407 e. The van der Waals surface area contributed by atoms with Gasteiger partial charge in [0.05, 0.1) is 12.7 Å². The van der Waals surface area contributed by atoms with E-state index in [2.05, 4.69) is 5.32 Å². The van der Waals surface area contributed by atoms with Crippen molar-refractivity contribution in [3.63, 3.8) is 0 Å². The largest absolute Gasteiger partial charge is 0.450 e. The van der Waals surface area contributed by atoms with E-state index in [0.29, 0.717) is 19.8 Å². The van der Waals surface area contributed by atoms with Gasteiger partial charge >= 0.3 is 6.09 Å². The van der Waals surface area contributed by atoms with Gasteiger partial charge in [-0.05, 0) is 20.3 Å². The van der Waals surface area contributed by atoms with E-state index in [-0.39, 0.29) is 18.5 Å². The summed E-state index contributed by atoms with van der Waals surface area (Å²) < 4.78 is 15.6. The Balaban J connectivity index is 2.10. The van der Waals surface area contributed by atoms with Crippen molar-refractivity contribution in [2.24, 2.45) is 0 Å². The molecule has 1 rings (SSSR count). The first kappa shape index (κ1) is 12.3. The maximum absolute atomic E-state index is 11.0. The second-order valence-electron chi connectivity index (χ2n) is 3.32. The first-order valence-corrected chi connectivity index (χ1v) is 5.44. The van der Waals surface area contributed by atoms with Crippen molar-refractivity contribution in [1.29, 1.82) is 0 Å². The number of ether oxygens (including phenoxy) is 3. The molecule has 5 heteroatoms. The average Bonchev–Trinajstić information content (AvgIpc) is 2.64. The van der Waals surface area contributed by atoms with Gasteiger partial charge in [-0.2, -0.15) is 0 Å². The Morgan fingerprint density at radius 1 is 1.40 bits per heavy atom. The SMILES string of the molecule is CCOC(=O)NCC1CC[C@@H](OCC)O1. The van der Waals surface area contributed by atoms with Crippen LogP contribution in [0.4, 0.5) is 4.79 Å². The highest BCUT2D eigenvalue weighted by atomic mass is 16.7. The fraction of sp³-hybridized carbons (Fsp3) is 0.900. The van der Waals surface area contributed by atoms with Crippen LogP contribution in [-0.2, 0) is 14.2 Å². The predicted octanol–water partition coefficient (Wildman–Crippen LogP) is 1.27. The van der Waals surface area contributed by atoms with Gasteiger partial charge in [0.2, 0.25) is 0 Å². The van der Waals surface area contributed by atoms with Crippen LogP contribution in [0.1, 0.15) is 26.7 Å². The quantitative estimate of drug-likeness (QED) is 0.753. The molecule has 1 fully saturated rings. The molecule has 2 atom stereocenters. The normalized spacial score (nSPS) is 25.2. The molecule has 88 valence electrons. The zero-order chi connectivity index (χ0) is 11.1. The van der Waals surface area contributed by atoms with Crippen molar-refractivity contribution in [3.05, 3.63) is 0 Å². The predicted molar refractivity (Wildman–Crippen MR) is 54.5 cm³/mol. The minimum absolute atomic E-state index is 0.0472. The molecule has 0 bridgehead atoms. The van der Waals surface area contributed by atoms with Crippen LogP contribution in [-0.4, -0.2) is 38.2 Å². The monoisotopic (exact) mass is 217 g/mol. The second kappa shape index (κ2) is 6.63. The highest BCUT2D eigenvalue weighted by Crippen LogP contribution is 2.19. The topological polar surface area (TPSA) is 56.8 Å². The Kier molecular flexibility index (Phi) is 5.42. The highest BCUT2D eigenvalue weighted by Gasteiger charge is 2.25. The molecule has 1 unspecified atom stereocenters. The summed E-state index contributed by atoms with van der Waals surface area (Å²) in [6.07, 6.45) is 1.36. The lowest BCUT2D eigenvalue weighted by Crippen LogP contribution is -2.32. The van der Waals surface area contributed by atoms with Gasteiger partial charge in [0.25, 0.3) is 0 Å². The Morgan fingerprint density at radius 3 is 2.87 bits per heavy atom. The summed E-state index contributed by atoms with van der Waals surface area (Å²) in [7, 11) is 0. The Labute approximate surface area is 90.1 Å². The molecule has 0 aromatic rings. The molecule has 5 nitrogen and oxygen atoms in total. The molecule has 1 heterocycles. The van der Waals surface area contributed by atoms with Crippen molar-refractivity contribution < 1.29 is 19.0 Å². The van der Waals surface area contributed by atoms with Crippen LogP contribution < -0.4 is 5.32 Å². The molecular formula is C10H19NO4. The lowest BCUT2D eigenvalue weighted by atomic mass is 10.2.